The van der Waals surface area contributed by atoms with Crippen LogP contribution in [0, 0.1) is 12.7 Å². The van der Waals surface area contributed by atoms with Crippen molar-refractivity contribution in [3.8, 4) is 0 Å². The minimum Gasteiger partial charge on any atom is -0.306 e. The first kappa shape index (κ1) is 14.9. The lowest BCUT2D eigenvalue weighted by atomic mass is 9.93. The van der Waals surface area contributed by atoms with E-state index in [-0.39, 0.29) is 11.9 Å². The van der Waals surface area contributed by atoms with Crippen molar-refractivity contribution in [2.75, 3.05) is 6.26 Å². The average Bonchev–Trinajstić information content (AvgIpc) is 2.42. The number of nitrogens with one attached hydrogen (secondary N) is 1. The van der Waals surface area contributed by atoms with E-state index < -0.39 is 0 Å². The number of hydrogen-bond donors (Lipinski definition) is 1. The molecule has 0 aromatic heterocycles. The maximum Gasteiger partial charge on any atom is 0.126 e. The number of rotatable bonds is 4. The van der Waals surface area contributed by atoms with Crippen molar-refractivity contribution < 1.29 is 4.39 Å². The third-order valence-corrected chi connectivity index (χ3v) is 5.34. The van der Waals surface area contributed by atoms with E-state index in [2.05, 4.69) is 18.5 Å². The van der Waals surface area contributed by atoms with Gasteiger partial charge in [0, 0.05) is 17.3 Å². The van der Waals surface area contributed by atoms with Crippen molar-refractivity contribution in [3.63, 3.8) is 0 Å². The first-order valence-electron chi connectivity index (χ1n) is 7.16. The van der Waals surface area contributed by atoms with Gasteiger partial charge < -0.3 is 5.32 Å². The Kier molecular flexibility index (Phi) is 5.28. The molecule has 3 heteroatoms. The molecular weight excluding hydrogens is 257 g/mol. The first-order chi connectivity index (χ1) is 9.11. The minimum absolute atomic E-state index is 0.101. The zero-order chi connectivity index (χ0) is 13.8. The maximum absolute atomic E-state index is 13.6. The summed E-state index contributed by atoms with van der Waals surface area (Å²) < 4.78 is 13.6. The highest BCUT2D eigenvalue weighted by molar-refractivity contribution is 7.99. The Balaban J connectivity index is 2.02. The summed E-state index contributed by atoms with van der Waals surface area (Å²) in [6.45, 7) is 3.94. The van der Waals surface area contributed by atoms with Gasteiger partial charge in [-0.15, -0.1) is 0 Å². The molecule has 106 valence electrons. The van der Waals surface area contributed by atoms with Crippen LogP contribution in [0.25, 0.3) is 0 Å². The number of thioether (sulfide) groups is 1. The molecule has 3 atom stereocenters. The lowest BCUT2D eigenvalue weighted by Gasteiger charge is -2.33. The second-order valence-electron chi connectivity index (χ2n) is 5.56. The molecule has 0 bridgehead atoms. The van der Waals surface area contributed by atoms with Crippen LogP contribution >= 0.6 is 11.8 Å². The van der Waals surface area contributed by atoms with Crippen LogP contribution in [0.15, 0.2) is 18.2 Å². The zero-order valence-electron chi connectivity index (χ0n) is 12.1. The van der Waals surface area contributed by atoms with Gasteiger partial charge in [0.2, 0.25) is 0 Å². The molecule has 0 spiro atoms. The van der Waals surface area contributed by atoms with E-state index in [9.17, 15) is 4.39 Å². The molecule has 1 aromatic carbocycles. The van der Waals surface area contributed by atoms with E-state index in [1.54, 1.807) is 6.07 Å². The predicted octanol–water partition coefficient (Wildman–Crippen LogP) is 4.46. The summed E-state index contributed by atoms with van der Waals surface area (Å²) >= 11 is 1.96. The van der Waals surface area contributed by atoms with Crippen LogP contribution < -0.4 is 5.32 Å². The highest BCUT2D eigenvalue weighted by atomic mass is 32.2. The molecule has 1 nitrogen and oxygen atoms in total. The topological polar surface area (TPSA) is 12.0 Å². The smallest absolute Gasteiger partial charge is 0.126 e. The molecule has 0 radical (unpaired) electrons. The standard InChI is InChI=1S/C16H24FNS/c1-11-8-9-13(10-14(11)17)12(2)18-15-6-4-5-7-16(15)19-3/h8-10,12,15-16,18H,4-7H2,1-3H3. The first-order valence-corrected chi connectivity index (χ1v) is 8.45. The predicted molar refractivity (Wildman–Crippen MR) is 82.2 cm³/mol. The molecule has 2 rings (SSSR count). The minimum atomic E-state index is -0.101. The van der Waals surface area contributed by atoms with Crippen molar-refractivity contribution in [2.24, 2.45) is 0 Å². The third-order valence-electron chi connectivity index (χ3n) is 4.17. The molecule has 1 fully saturated rings. The number of hydrogen-bond acceptors (Lipinski definition) is 2. The molecule has 1 aliphatic rings. The molecule has 19 heavy (non-hydrogen) atoms. The third kappa shape index (κ3) is 3.73. The number of aryl methyl sites for hydroxylation is 1. The van der Waals surface area contributed by atoms with Crippen LogP contribution in [-0.2, 0) is 0 Å². The summed E-state index contributed by atoms with van der Waals surface area (Å²) in [6.07, 6.45) is 7.39. The fraction of sp³-hybridized carbons (Fsp3) is 0.625. The van der Waals surface area contributed by atoms with E-state index in [4.69, 9.17) is 0 Å². The fourth-order valence-corrected chi connectivity index (χ4v) is 3.81. The van der Waals surface area contributed by atoms with Gasteiger partial charge in [0.15, 0.2) is 0 Å². The van der Waals surface area contributed by atoms with E-state index in [0.717, 1.165) is 11.1 Å². The summed E-state index contributed by atoms with van der Waals surface area (Å²) in [5.74, 6) is -0.101. The number of benzene rings is 1. The van der Waals surface area contributed by atoms with Crippen molar-refractivity contribution in [2.45, 2.75) is 56.9 Å². The molecule has 1 saturated carbocycles. The van der Waals surface area contributed by atoms with Crippen LogP contribution in [0.3, 0.4) is 0 Å². The lowest BCUT2D eigenvalue weighted by molar-refractivity contribution is 0.356. The van der Waals surface area contributed by atoms with Crippen molar-refractivity contribution >= 4 is 11.8 Å². The van der Waals surface area contributed by atoms with Gasteiger partial charge in [-0.2, -0.15) is 11.8 Å². The summed E-state index contributed by atoms with van der Waals surface area (Å²) in [5, 5.41) is 4.40. The molecule has 1 aliphatic carbocycles. The van der Waals surface area contributed by atoms with E-state index in [0.29, 0.717) is 11.3 Å². The van der Waals surface area contributed by atoms with Gasteiger partial charge in [0.05, 0.1) is 0 Å². The molecule has 0 heterocycles. The Bertz CT molecular complexity index is 421. The maximum atomic E-state index is 13.6. The Morgan fingerprint density at radius 1 is 1.32 bits per heavy atom. The normalized spacial score (nSPS) is 25.3. The van der Waals surface area contributed by atoms with Gasteiger partial charge >= 0.3 is 0 Å². The Morgan fingerprint density at radius 3 is 2.74 bits per heavy atom. The Morgan fingerprint density at radius 2 is 2.05 bits per heavy atom. The fourth-order valence-electron chi connectivity index (χ4n) is 2.87. The van der Waals surface area contributed by atoms with E-state index in [1.165, 1.54) is 25.7 Å². The SMILES string of the molecule is CSC1CCCCC1NC(C)c1ccc(C)c(F)c1. The largest absolute Gasteiger partial charge is 0.306 e. The average molecular weight is 281 g/mol. The van der Waals surface area contributed by atoms with Gasteiger partial charge in [0.1, 0.15) is 5.82 Å². The Labute approximate surface area is 120 Å². The zero-order valence-corrected chi connectivity index (χ0v) is 12.9. The van der Waals surface area contributed by atoms with Gasteiger partial charge in [-0.05, 0) is 50.1 Å². The second-order valence-corrected chi connectivity index (χ2v) is 6.64. The highest BCUT2D eigenvalue weighted by Gasteiger charge is 2.25. The van der Waals surface area contributed by atoms with Crippen LogP contribution in [0.4, 0.5) is 4.39 Å². The monoisotopic (exact) mass is 281 g/mol. The molecule has 0 saturated heterocycles. The molecule has 1 aromatic rings. The van der Waals surface area contributed by atoms with Gasteiger partial charge in [-0.3, -0.25) is 0 Å². The van der Waals surface area contributed by atoms with Crippen molar-refractivity contribution in [1.29, 1.82) is 0 Å². The van der Waals surface area contributed by atoms with E-state index in [1.807, 2.05) is 30.8 Å². The van der Waals surface area contributed by atoms with Crippen molar-refractivity contribution in [3.05, 3.63) is 35.1 Å². The molecule has 0 aliphatic heterocycles. The van der Waals surface area contributed by atoms with Crippen LogP contribution in [0.5, 0.6) is 0 Å². The van der Waals surface area contributed by atoms with Crippen LogP contribution in [0.1, 0.15) is 49.8 Å². The Hall–Kier alpha value is -0.540. The summed E-state index contributed by atoms with van der Waals surface area (Å²) in [7, 11) is 0. The van der Waals surface area contributed by atoms with Gasteiger partial charge in [0.25, 0.3) is 0 Å². The molecule has 0 amide bonds. The lowest BCUT2D eigenvalue weighted by Crippen LogP contribution is -2.41. The van der Waals surface area contributed by atoms with E-state index >= 15 is 0 Å². The second kappa shape index (κ2) is 6.76. The van der Waals surface area contributed by atoms with Crippen molar-refractivity contribution in [1.82, 2.24) is 5.32 Å². The van der Waals surface area contributed by atoms with Crippen LogP contribution in [0.2, 0.25) is 0 Å². The summed E-state index contributed by atoms with van der Waals surface area (Å²) in [6, 6.07) is 6.35. The van der Waals surface area contributed by atoms with Crippen LogP contribution in [-0.4, -0.2) is 17.5 Å². The van der Waals surface area contributed by atoms with Gasteiger partial charge in [-0.1, -0.05) is 25.0 Å². The van der Waals surface area contributed by atoms with Gasteiger partial charge in [-0.25, -0.2) is 4.39 Å². The quantitative estimate of drug-likeness (QED) is 0.874. The number of halogens is 1. The highest BCUT2D eigenvalue weighted by Crippen LogP contribution is 2.29. The molecular formula is C16H24FNS. The molecule has 3 unspecified atom stereocenters. The summed E-state index contributed by atoms with van der Waals surface area (Å²) in [5.41, 5.74) is 1.77. The molecule has 1 N–H and O–H groups in total. The summed E-state index contributed by atoms with van der Waals surface area (Å²) in [4.78, 5) is 0.